The molecule has 1 aromatic heterocycles. The Labute approximate surface area is 106 Å². The van der Waals surface area contributed by atoms with Crippen LogP contribution in [0.1, 0.15) is 52.9 Å². The Bertz CT molecular complexity index is 347. The van der Waals surface area contributed by atoms with Crippen molar-refractivity contribution in [2.45, 2.75) is 67.1 Å². The molecular formula is C14H27N3. The minimum absolute atomic E-state index is 0.296. The van der Waals surface area contributed by atoms with E-state index in [4.69, 9.17) is 0 Å². The maximum atomic E-state index is 4.56. The van der Waals surface area contributed by atoms with Gasteiger partial charge in [-0.1, -0.05) is 27.7 Å². The van der Waals surface area contributed by atoms with Gasteiger partial charge in [0, 0.05) is 19.1 Å². The van der Waals surface area contributed by atoms with Gasteiger partial charge >= 0.3 is 0 Å². The smallest absolute Gasteiger partial charge is 0.0625 e. The summed E-state index contributed by atoms with van der Waals surface area (Å²) in [6.07, 6.45) is 1.01. The largest absolute Gasteiger partial charge is 0.308 e. The van der Waals surface area contributed by atoms with E-state index in [1.807, 2.05) is 0 Å². The van der Waals surface area contributed by atoms with Gasteiger partial charge in [-0.15, -0.1) is 0 Å². The van der Waals surface area contributed by atoms with E-state index >= 15 is 0 Å². The first kappa shape index (κ1) is 14.2. The first-order valence-electron chi connectivity index (χ1n) is 6.67. The molecular weight excluding hydrogens is 210 g/mol. The molecule has 1 aromatic rings. The Morgan fingerprint density at radius 1 is 1.35 bits per heavy atom. The Balaban J connectivity index is 2.65. The van der Waals surface area contributed by atoms with Crippen LogP contribution in [0.2, 0.25) is 0 Å². The Morgan fingerprint density at radius 3 is 2.47 bits per heavy atom. The Kier molecular flexibility index (Phi) is 4.75. The average molecular weight is 237 g/mol. The lowest BCUT2D eigenvalue weighted by Gasteiger charge is -2.28. The molecule has 3 heteroatoms. The molecule has 0 radical (unpaired) electrons. The molecule has 0 saturated carbocycles. The summed E-state index contributed by atoms with van der Waals surface area (Å²) in [6.45, 7) is 15.2. The number of nitrogens with zero attached hydrogens (tertiary/aromatic N) is 2. The quantitative estimate of drug-likeness (QED) is 0.853. The monoisotopic (exact) mass is 237 g/mol. The molecule has 0 fully saturated rings. The zero-order valence-corrected chi connectivity index (χ0v) is 12.2. The summed E-state index contributed by atoms with van der Waals surface area (Å²) in [4.78, 5) is 0. The topological polar surface area (TPSA) is 29.9 Å². The Hall–Kier alpha value is -0.830. The molecule has 1 atom stereocenters. The zero-order chi connectivity index (χ0) is 13.1. The fourth-order valence-electron chi connectivity index (χ4n) is 1.67. The van der Waals surface area contributed by atoms with Gasteiger partial charge in [0.25, 0.3) is 0 Å². The van der Waals surface area contributed by atoms with Crippen molar-refractivity contribution >= 4 is 0 Å². The highest BCUT2D eigenvalue weighted by Crippen LogP contribution is 2.19. The van der Waals surface area contributed by atoms with Crippen molar-refractivity contribution in [3.63, 3.8) is 0 Å². The third kappa shape index (κ3) is 3.84. The van der Waals surface area contributed by atoms with Crippen LogP contribution in [0.3, 0.4) is 0 Å². The predicted octanol–water partition coefficient (Wildman–Crippen LogP) is 2.99. The van der Waals surface area contributed by atoms with Gasteiger partial charge in [0.15, 0.2) is 0 Å². The van der Waals surface area contributed by atoms with Crippen molar-refractivity contribution in [3.05, 3.63) is 17.5 Å². The maximum absolute atomic E-state index is 4.56. The standard InChI is InChI=1S/C14H27N3/c1-7-12-9-13(17(8-2)16-12)10-15-11(3)14(4,5)6/h9,11,15H,7-8,10H2,1-6H3. The molecule has 0 aliphatic heterocycles. The second-order valence-electron chi connectivity index (χ2n) is 5.76. The number of hydrogen-bond donors (Lipinski definition) is 1. The molecule has 0 bridgehead atoms. The third-order valence-electron chi connectivity index (χ3n) is 3.46. The van der Waals surface area contributed by atoms with Crippen LogP contribution in [0, 0.1) is 5.41 Å². The van der Waals surface area contributed by atoms with E-state index in [1.54, 1.807) is 0 Å². The summed E-state index contributed by atoms with van der Waals surface area (Å²) in [5.41, 5.74) is 2.78. The maximum Gasteiger partial charge on any atom is 0.0625 e. The van der Waals surface area contributed by atoms with Crippen LogP contribution in [0.15, 0.2) is 6.07 Å². The number of aromatic nitrogens is 2. The molecule has 0 aliphatic carbocycles. The van der Waals surface area contributed by atoms with Gasteiger partial charge in [-0.25, -0.2) is 0 Å². The fourth-order valence-corrected chi connectivity index (χ4v) is 1.67. The third-order valence-corrected chi connectivity index (χ3v) is 3.46. The lowest BCUT2D eigenvalue weighted by Crippen LogP contribution is -2.37. The van der Waals surface area contributed by atoms with Crippen LogP contribution >= 0.6 is 0 Å². The van der Waals surface area contributed by atoms with E-state index in [1.165, 1.54) is 11.4 Å². The van der Waals surface area contributed by atoms with Gasteiger partial charge in [-0.2, -0.15) is 5.10 Å². The van der Waals surface area contributed by atoms with Gasteiger partial charge in [-0.05, 0) is 31.7 Å². The molecule has 3 nitrogen and oxygen atoms in total. The minimum atomic E-state index is 0.296. The molecule has 0 aromatic carbocycles. The summed E-state index contributed by atoms with van der Waals surface area (Å²) in [5.74, 6) is 0. The lowest BCUT2D eigenvalue weighted by molar-refractivity contribution is 0.283. The summed E-state index contributed by atoms with van der Waals surface area (Å²) in [6, 6.07) is 2.71. The molecule has 0 amide bonds. The molecule has 0 spiro atoms. The van der Waals surface area contributed by atoms with Crippen LogP contribution in [-0.4, -0.2) is 15.8 Å². The highest BCUT2D eigenvalue weighted by Gasteiger charge is 2.19. The second-order valence-corrected chi connectivity index (χ2v) is 5.76. The number of rotatable bonds is 5. The van der Waals surface area contributed by atoms with Crippen LogP contribution in [0.25, 0.3) is 0 Å². The summed E-state index contributed by atoms with van der Waals surface area (Å²) >= 11 is 0. The van der Waals surface area contributed by atoms with Gasteiger partial charge in [0.2, 0.25) is 0 Å². The highest BCUT2D eigenvalue weighted by atomic mass is 15.3. The van der Waals surface area contributed by atoms with Crippen LogP contribution in [-0.2, 0) is 19.5 Å². The predicted molar refractivity (Wildman–Crippen MR) is 73.0 cm³/mol. The van der Waals surface area contributed by atoms with Gasteiger partial charge in [-0.3, -0.25) is 4.68 Å². The van der Waals surface area contributed by atoms with Crippen molar-refractivity contribution in [1.82, 2.24) is 15.1 Å². The molecule has 0 saturated heterocycles. The van der Waals surface area contributed by atoms with Crippen LogP contribution in [0.5, 0.6) is 0 Å². The molecule has 1 rings (SSSR count). The van der Waals surface area contributed by atoms with E-state index in [0.29, 0.717) is 11.5 Å². The fraction of sp³-hybridized carbons (Fsp3) is 0.786. The molecule has 98 valence electrons. The summed E-state index contributed by atoms with van der Waals surface area (Å²) in [5, 5.41) is 8.15. The van der Waals surface area contributed by atoms with Crippen molar-refractivity contribution < 1.29 is 0 Å². The van der Waals surface area contributed by atoms with Crippen molar-refractivity contribution in [3.8, 4) is 0 Å². The summed E-state index contributed by atoms with van der Waals surface area (Å²) in [7, 11) is 0. The number of nitrogens with one attached hydrogen (secondary N) is 1. The number of aryl methyl sites for hydroxylation is 2. The molecule has 17 heavy (non-hydrogen) atoms. The van der Waals surface area contributed by atoms with Gasteiger partial charge in [0.1, 0.15) is 0 Å². The van der Waals surface area contributed by atoms with Crippen molar-refractivity contribution in [2.24, 2.45) is 5.41 Å². The number of hydrogen-bond acceptors (Lipinski definition) is 2. The van der Waals surface area contributed by atoms with E-state index in [-0.39, 0.29) is 0 Å². The molecule has 1 unspecified atom stereocenters. The highest BCUT2D eigenvalue weighted by molar-refractivity contribution is 5.10. The van der Waals surface area contributed by atoms with Crippen LogP contribution in [0.4, 0.5) is 0 Å². The van der Waals surface area contributed by atoms with E-state index in [0.717, 1.165) is 19.5 Å². The molecule has 0 aliphatic rings. The van der Waals surface area contributed by atoms with E-state index in [2.05, 4.69) is 62.7 Å². The molecule has 1 N–H and O–H groups in total. The Morgan fingerprint density at radius 2 is 2.00 bits per heavy atom. The summed E-state index contributed by atoms with van der Waals surface area (Å²) < 4.78 is 2.10. The van der Waals surface area contributed by atoms with Crippen LogP contribution < -0.4 is 5.32 Å². The normalized spacial score (nSPS) is 14.0. The second kappa shape index (κ2) is 5.67. The van der Waals surface area contributed by atoms with Crippen molar-refractivity contribution in [1.29, 1.82) is 0 Å². The lowest BCUT2D eigenvalue weighted by atomic mass is 9.88. The first-order valence-corrected chi connectivity index (χ1v) is 6.67. The first-order chi connectivity index (χ1) is 7.88. The average Bonchev–Trinajstić information content (AvgIpc) is 2.66. The minimum Gasteiger partial charge on any atom is -0.308 e. The SMILES string of the molecule is CCc1cc(CNC(C)C(C)(C)C)n(CC)n1. The zero-order valence-electron chi connectivity index (χ0n) is 12.2. The molecule has 1 heterocycles. The van der Waals surface area contributed by atoms with E-state index < -0.39 is 0 Å². The van der Waals surface area contributed by atoms with E-state index in [9.17, 15) is 0 Å². The van der Waals surface area contributed by atoms with Gasteiger partial charge in [0.05, 0.1) is 11.4 Å². The van der Waals surface area contributed by atoms with Crippen molar-refractivity contribution in [2.75, 3.05) is 0 Å². The van der Waals surface area contributed by atoms with Gasteiger partial charge < -0.3 is 5.32 Å².